The van der Waals surface area contributed by atoms with E-state index in [2.05, 4.69) is 21.0 Å². The Hall–Kier alpha value is -1.81. The summed E-state index contributed by atoms with van der Waals surface area (Å²) in [6.07, 6.45) is -2.85. The third-order valence-corrected chi connectivity index (χ3v) is 2.81. The van der Waals surface area contributed by atoms with Crippen LogP contribution in [0.15, 0.2) is 34.9 Å². The molecule has 0 amide bonds. The third kappa shape index (κ3) is 2.38. The standard InChI is InChI=1S/C11H5BrF3N3/c12-9-6-18(17-10(9)5-16)8-3-1-7(2-4-8)11(13,14)15/h1-4,6H. The summed E-state index contributed by atoms with van der Waals surface area (Å²) in [5, 5.41) is 12.6. The van der Waals surface area contributed by atoms with Crippen molar-refractivity contribution in [1.82, 2.24) is 9.78 Å². The summed E-state index contributed by atoms with van der Waals surface area (Å²) in [6, 6.07) is 6.39. The fraction of sp³-hybridized carbons (Fsp3) is 0.0909. The van der Waals surface area contributed by atoms with Crippen molar-refractivity contribution in [2.24, 2.45) is 0 Å². The molecule has 2 aromatic rings. The molecule has 0 aliphatic carbocycles. The monoisotopic (exact) mass is 315 g/mol. The molecule has 0 spiro atoms. The molecule has 3 nitrogen and oxygen atoms in total. The van der Waals surface area contributed by atoms with Crippen molar-refractivity contribution in [2.75, 3.05) is 0 Å². The van der Waals surface area contributed by atoms with Crippen LogP contribution < -0.4 is 0 Å². The zero-order valence-electron chi connectivity index (χ0n) is 8.74. The number of hydrogen-bond acceptors (Lipinski definition) is 2. The molecule has 0 saturated heterocycles. The van der Waals surface area contributed by atoms with Crippen LogP contribution in [0.3, 0.4) is 0 Å². The lowest BCUT2D eigenvalue weighted by atomic mass is 10.2. The lowest BCUT2D eigenvalue weighted by molar-refractivity contribution is -0.137. The minimum Gasteiger partial charge on any atom is -0.238 e. The Morgan fingerprint density at radius 1 is 1.22 bits per heavy atom. The molecule has 0 aliphatic heterocycles. The fourth-order valence-electron chi connectivity index (χ4n) is 1.36. The van der Waals surface area contributed by atoms with Gasteiger partial charge in [0.25, 0.3) is 0 Å². The molecule has 1 heterocycles. The van der Waals surface area contributed by atoms with E-state index < -0.39 is 11.7 Å². The molecule has 1 aromatic carbocycles. The summed E-state index contributed by atoms with van der Waals surface area (Å²) in [5.41, 5.74) is -0.0990. The molecule has 0 aliphatic rings. The van der Waals surface area contributed by atoms with E-state index in [-0.39, 0.29) is 5.69 Å². The van der Waals surface area contributed by atoms with Crippen molar-refractivity contribution < 1.29 is 13.2 Å². The first-order chi connectivity index (χ1) is 8.41. The quantitative estimate of drug-likeness (QED) is 0.808. The van der Waals surface area contributed by atoms with Gasteiger partial charge in [-0.3, -0.25) is 0 Å². The minimum absolute atomic E-state index is 0.176. The Labute approximate surface area is 109 Å². The van der Waals surface area contributed by atoms with Crippen molar-refractivity contribution in [1.29, 1.82) is 5.26 Å². The van der Waals surface area contributed by atoms with E-state index in [1.807, 2.05) is 6.07 Å². The third-order valence-electron chi connectivity index (χ3n) is 2.23. The van der Waals surface area contributed by atoms with Crippen molar-refractivity contribution >= 4 is 15.9 Å². The second-order valence-corrected chi connectivity index (χ2v) is 4.28. The molecule has 0 atom stereocenters. The van der Waals surface area contributed by atoms with Gasteiger partial charge in [-0.15, -0.1) is 0 Å². The van der Waals surface area contributed by atoms with Crippen molar-refractivity contribution in [3.63, 3.8) is 0 Å². The highest BCUT2D eigenvalue weighted by molar-refractivity contribution is 9.10. The molecule has 0 N–H and O–H groups in total. The molecular formula is C11H5BrF3N3. The predicted molar refractivity (Wildman–Crippen MR) is 61.0 cm³/mol. The summed E-state index contributed by atoms with van der Waals surface area (Å²) in [4.78, 5) is 0. The normalized spacial score (nSPS) is 11.3. The molecule has 2 rings (SSSR count). The fourth-order valence-corrected chi connectivity index (χ4v) is 1.73. The summed E-state index contributed by atoms with van der Waals surface area (Å²) in [5.74, 6) is 0. The topological polar surface area (TPSA) is 41.6 Å². The van der Waals surface area contributed by atoms with E-state index in [4.69, 9.17) is 5.26 Å². The number of nitrogens with zero attached hydrogens (tertiary/aromatic N) is 3. The first-order valence-corrected chi connectivity index (χ1v) is 5.54. The SMILES string of the molecule is N#Cc1nn(-c2ccc(C(F)(F)F)cc2)cc1Br. The van der Waals surface area contributed by atoms with Crippen molar-refractivity contribution in [3.8, 4) is 11.8 Å². The van der Waals surface area contributed by atoms with Crippen molar-refractivity contribution in [2.45, 2.75) is 6.18 Å². The Morgan fingerprint density at radius 3 is 2.28 bits per heavy atom. The lowest BCUT2D eigenvalue weighted by Gasteiger charge is -2.07. The highest BCUT2D eigenvalue weighted by atomic mass is 79.9. The molecule has 1 aromatic heterocycles. The summed E-state index contributed by atoms with van der Waals surface area (Å²) in [7, 11) is 0. The maximum Gasteiger partial charge on any atom is 0.416 e. The number of benzene rings is 1. The van der Waals surface area contributed by atoms with Gasteiger partial charge in [-0.2, -0.15) is 23.5 Å². The average molecular weight is 316 g/mol. The van der Waals surface area contributed by atoms with Crippen LogP contribution in [0.5, 0.6) is 0 Å². The smallest absolute Gasteiger partial charge is 0.238 e. The first kappa shape index (κ1) is 12.6. The van der Waals surface area contributed by atoms with E-state index in [0.29, 0.717) is 10.2 Å². The summed E-state index contributed by atoms with van der Waals surface area (Å²) in [6.45, 7) is 0. The maximum atomic E-state index is 12.4. The summed E-state index contributed by atoms with van der Waals surface area (Å²) < 4.78 is 38.9. The minimum atomic E-state index is -4.36. The van der Waals surface area contributed by atoms with Crippen LogP contribution >= 0.6 is 15.9 Å². The Kier molecular flexibility index (Phi) is 3.13. The zero-order chi connectivity index (χ0) is 13.3. The second-order valence-electron chi connectivity index (χ2n) is 3.43. The van der Waals surface area contributed by atoms with Gasteiger partial charge in [0.1, 0.15) is 6.07 Å². The number of aromatic nitrogens is 2. The number of nitriles is 1. The molecule has 0 fully saturated rings. The maximum absolute atomic E-state index is 12.4. The van der Waals surface area contributed by atoms with E-state index in [9.17, 15) is 13.2 Å². The highest BCUT2D eigenvalue weighted by Crippen LogP contribution is 2.29. The van der Waals surface area contributed by atoms with Gasteiger partial charge in [0.15, 0.2) is 5.69 Å². The second kappa shape index (κ2) is 4.46. The van der Waals surface area contributed by atoms with E-state index in [1.54, 1.807) is 0 Å². The predicted octanol–water partition coefficient (Wildman–Crippen LogP) is 3.53. The Bertz CT molecular complexity index is 608. The van der Waals surface area contributed by atoms with Crippen LogP contribution in [0.4, 0.5) is 13.2 Å². The average Bonchev–Trinajstić information content (AvgIpc) is 2.69. The van der Waals surface area contributed by atoms with Gasteiger partial charge >= 0.3 is 6.18 Å². The number of rotatable bonds is 1. The number of halogens is 4. The molecule has 7 heteroatoms. The molecule has 0 unspecified atom stereocenters. The molecule has 18 heavy (non-hydrogen) atoms. The van der Waals surface area contributed by atoms with Gasteiger partial charge in [0.05, 0.1) is 15.7 Å². The van der Waals surface area contributed by atoms with Crippen LogP contribution in [-0.4, -0.2) is 9.78 Å². The largest absolute Gasteiger partial charge is 0.416 e. The highest BCUT2D eigenvalue weighted by Gasteiger charge is 2.30. The summed E-state index contributed by atoms with van der Waals surface area (Å²) >= 11 is 3.13. The number of alkyl halides is 3. The van der Waals surface area contributed by atoms with Gasteiger partial charge in [-0.25, -0.2) is 4.68 Å². The van der Waals surface area contributed by atoms with Gasteiger partial charge < -0.3 is 0 Å². The molecule has 0 saturated carbocycles. The first-order valence-electron chi connectivity index (χ1n) is 4.74. The van der Waals surface area contributed by atoms with Crippen LogP contribution in [0.2, 0.25) is 0 Å². The molecule has 0 bridgehead atoms. The van der Waals surface area contributed by atoms with Gasteiger partial charge in [-0.05, 0) is 40.2 Å². The van der Waals surface area contributed by atoms with E-state index in [1.165, 1.54) is 23.0 Å². The van der Waals surface area contributed by atoms with Gasteiger partial charge in [-0.1, -0.05) is 0 Å². The molecule has 0 radical (unpaired) electrons. The van der Waals surface area contributed by atoms with Crippen LogP contribution in [-0.2, 0) is 6.18 Å². The Balaban J connectivity index is 2.38. The van der Waals surface area contributed by atoms with Gasteiger partial charge in [0.2, 0.25) is 0 Å². The van der Waals surface area contributed by atoms with Crippen LogP contribution in [0, 0.1) is 11.3 Å². The Morgan fingerprint density at radius 2 is 1.83 bits per heavy atom. The molecule has 92 valence electrons. The van der Waals surface area contributed by atoms with E-state index >= 15 is 0 Å². The van der Waals surface area contributed by atoms with E-state index in [0.717, 1.165) is 12.1 Å². The zero-order valence-corrected chi connectivity index (χ0v) is 10.3. The van der Waals surface area contributed by atoms with Gasteiger partial charge in [0, 0.05) is 6.20 Å². The van der Waals surface area contributed by atoms with Crippen LogP contribution in [0.25, 0.3) is 5.69 Å². The van der Waals surface area contributed by atoms with Crippen molar-refractivity contribution in [3.05, 3.63) is 46.2 Å². The molecular weight excluding hydrogens is 311 g/mol. The lowest BCUT2D eigenvalue weighted by Crippen LogP contribution is -2.05. The number of hydrogen-bond donors (Lipinski definition) is 0. The van der Waals surface area contributed by atoms with Crippen LogP contribution in [0.1, 0.15) is 11.3 Å².